The highest BCUT2D eigenvalue weighted by Crippen LogP contribution is 2.05. The molecule has 0 aliphatic heterocycles. The molecule has 0 spiro atoms. The molecule has 0 radical (unpaired) electrons. The Labute approximate surface area is 89.0 Å². The van der Waals surface area contributed by atoms with Crippen molar-refractivity contribution in [3.63, 3.8) is 0 Å². The van der Waals surface area contributed by atoms with Gasteiger partial charge >= 0.3 is 0 Å². The second kappa shape index (κ2) is 6.10. The molecule has 0 unspecified atom stereocenters. The van der Waals surface area contributed by atoms with Gasteiger partial charge in [0, 0.05) is 13.0 Å². The number of nitrogens with zero attached hydrogens (tertiary/aromatic N) is 4. The van der Waals surface area contributed by atoms with Crippen molar-refractivity contribution in [2.45, 2.75) is 33.2 Å². The average molecular weight is 211 g/mol. The van der Waals surface area contributed by atoms with Crippen LogP contribution >= 0.6 is 0 Å². The number of carbonyl (C=O) groups is 1. The van der Waals surface area contributed by atoms with E-state index in [4.69, 9.17) is 0 Å². The number of rotatable bonds is 6. The first-order valence-corrected chi connectivity index (χ1v) is 5.19. The summed E-state index contributed by atoms with van der Waals surface area (Å²) >= 11 is 0. The molecule has 6 nitrogen and oxygen atoms in total. The van der Waals surface area contributed by atoms with E-state index in [1.54, 1.807) is 4.68 Å². The van der Waals surface area contributed by atoms with Gasteiger partial charge in [-0.1, -0.05) is 20.3 Å². The topological polar surface area (TPSA) is 72.7 Å². The third kappa shape index (κ3) is 4.53. The fourth-order valence-corrected chi connectivity index (χ4v) is 1.13. The molecule has 0 bridgehead atoms. The van der Waals surface area contributed by atoms with E-state index in [2.05, 4.69) is 34.7 Å². The second-order valence-corrected chi connectivity index (χ2v) is 3.64. The van der Waals surface area contributed by atoms with Crippen LogP contribution in [0.3, 0.4) is 0 Å². The van der Waals surface area contributed by atoms with Crippen molar-refractivity contribution < 1.29 is 4.79 Å². The minimum absolute atomic E-state index is 0.0948. The molecule has 0 fully saturated rings. The largest absolute Gasteiger partial charge is 0.354 e. The monoisotopic (exact) mass is 211 g/mol. The summed E-state index contributed by atoms with van der Waals surface area (Å²) in [4.78, 5) is 11.4. The molecule has 1 atom stereocenters. The fraction of sp³-hybridized carbons (Fsp3) is 0.778. The summed E-state index contributed by atoms with van der Waals surface area (Å²) in [7, 11) is 0. The summed E-state index contributed by atoms with van der Waals surface area (Å²) in [6, 6.07) is 0. The van der Waals surface area contributed by atoms with E-state index in [0.29, 0.717) is 25.4 Å². The van der Waals surface area contributed by atoms with Gasteiger partial charge in [-0.3, -0.25) is 4.79 Å². The van der Waals surface area contributed by atoms with Crippen LogP contribution in [0.15, 0.2) is 6.33 Å². The molecule has 84 valence electrons. The molecule has 1 aromatic rings. The van der Waals surface area contributed by atoms with E-state index in [0.717, 1.165) is 6.42 Å². The van der Waals surface area contributed by atoms with Gasteiger partial charge in [0.05, 0.1) is 6.54 Å². The summed E-state index contributed by atoms with van der Waals surface area (Å²) in [6.45, 7) is 5.33. The highest BCUT2D eigenvalue weighted by molar-refractivity contribution is 5.76. The Hall–Kier alpha value is -1.46. The maximum absolute atomic E-state index is 11.4. The van der Waals surface area contributed by atoms with Crippen LogP contribution in [0.4, 0.5) is 0 Å². The lowest BCUT2D eigenvalue weighted by Gasteiger charge is -2.08. The molecule has 15 heavy (non-hydrogen) atoms. The quantitative estimate of drug-likeness (QED) is 0.730. The van der Waals surface area contributed by atoms with Crippen LogP contribution in [0, 0.1) is 5.92 Å². The lowest BCUT2D eigenvalue weighted by molar-refractivity contribution is -0.121. The summed E-state index contributed by atoms with van der Waals surface area (Å²) in [5, 5.41) is 13.5. The molecule has 1 aromatic heterocycles. The van der Waals surface area contributed by atoms with E-state index in [1.165, 1.54) is 6.33 Å². The minimum atomic E-state index is 0.0948. The highest BCUT2D eigenvalue weighted by Gasteiger charge is 2.06. The van der Waals surface area contributed by atoms with Crippen molar-refractivity contribution in [1.29, 1.82) is 0 Å². The number of hydrogen-bond acceptors (Lipinski definition) is 4. The first-order valence-electron chi connectivity index (χ1n) is 5.19. The van der Waals surface area contributed by atoms with Gasteiger partial charge in [-0.25, -0.2) is 4.68 Å². The molecule has 6 heteroatoms. The van der Waals surface area contributed by atoms with E-state index in [9.17, 15) is 4.79 Å². The van der Waals surface area contributed by atoms with Gasteiger partial charge in [0.1, 0.15) is 6.33 Å². The van der Waals surface area contributed by atoms with Crippen molar-refractivity contribution in [2.75, 3.05) is 6.54 Å². The number of tetrazole rings is 1. The Balaban J connectivity index is 2.12. The Bertz CT molecular complexity index is 285. The molecular weight excluding hydrogens is 194 g/mol. The molecule has 0 aromatic carbocycles. The van der Waals surface area contributed by atoms with Crippen LogP contribution < -0.4 is 5.32 Å². The van der Waals surface area contributed by atoms with E-state index in [1.807, 2.05) is 0 Å². The summed E-state index contributed by atoms with van der Waals surface area (Å²) < 4.78 is 1.59. The third-order valence-electron chi connectivity index (χ3n) is 2.29. The van der Waals surface area contributed by atoms with Crippen molar-refractivity contribution >= 4 is 5.91 Å². The molecule has 1 amide bonds. The summed E-state index contributed by atoms with van der Waals surface area (Å²) in [6.07, 6.45) is 3.15. The SMILES string of the molecule is CC[C@@H](C)CC(=O)NCCn1cnnn1. The zero-order chi connectivity index (χ0) is 11.1. The third-order valence-corrected chi connectivity index (χ3v) is 2.29. The number of carbonyl (C=O) groups excluding carboxylic acids is 1. The van der Waals surface area contributed by atoms with Crippen LogP contribution in [0.25, 0.3) is 0 Å². The van der Waals surface area contributed by atoms with Crippen LogP contribution in [0.2, 0.25) is 0 Å². The molecule has 1 heterocycles. The summed E-state index contributed by atoms with van der Waals surface area (Å²) in [5.41, 5.74) is 0. The Morgan fingerprint density at radius 3 is 3.00 bits per heavy atom. The van der Waals surface area contributed by atoms with Gasteiger partial charge in [0.15, 0.2) is 0 Å². The molecule has 1 N–H and O–H groups in total. The average Bonchev–Trinajstić information content (AvgIpc) is 2.70. The molecule has 0 saturated carbocycles. The molecule has 0 aliphatic carbocycles. The van der Waals surface area contributed by atoms with Crippen molar-refractivity contribution in [3.8, 4) is 0 Å². The minimum Gasteiger partial charge on any atom is -0.354 e. The Morgan fingerprint density at radius 1 is 1.60 bits per heavy atom. The molecule has 0 aliphatic rings. The van der Waals surface area contributed by atoms with Gasteiger partial charge in [-0.15, -0.1) is 5.10 Å². The van der Waals surface area contributed by atoms with E-state index >= 15 is 0 Å². The lowest BCUT2D eigenvalue weighted by atomic mass is 10.1. The van der Waals surface area contributed by atoms with Gasteiger partial charge in [0.25, 0.3) is 0 Å². The molecule has 1 rings (SSSR count). The smallest absolute Gasteiger partial charge is 0.220 e. The first-order chi connectivity index (χ1) is 7.22. The number of aromatic nitrogens is 4. The van der Waals surface area contributed by atoms with Gasteiger partial charge in [0.2, 0.25) is 5.91 Å². The van der Waals surface area contributed by atoms with Gasteiger partial charge < -0.3 is 5.32 Å². The van der Waals surface area contributed by atoms with E-state index < -0.39 is 0 Å². The number of amides is 1. The molecular formula is C9H17N5O. The Kier molecular flexibility index (Phi) is 4.73. The predicted molar refractivity (Wildman–Crippen MR) is 54.9 cm³/mol. The fourth-order valence-electron chi connectivity index (χ4n) is 1.13. The second-order valence-electron chi connectivity index (χ2n) is 3.64. The summed E-state index contributed by atoms with van der Waals surface area (Å²) in [5.74, 6) is 0.537. The highest BCUT2D eigenvalue weighted by atomic mass is 16.1. The zero-order valence-corrected chi connectivity index (χ0v) is 9.18. The van der Waals surface area contributed by atoms with Gasteiger partial charge in [-0.2, -0.15) is 0 Å². The first kappa shape index (κ1) is 11.6. The number of nitrogens with one attached hydrogen (secondary N) is 1. The predicted octanol–water partition coefficient (Wildman–Crippen LogP) is 0.225. The van der Waals surface area contributed by atoms with Crippen molar-refractivity contribution in [2.24, 2.45) is 5.92 Å². The maximum atomic E-state index is 11.4. The normalized spacial score (nSPS) is 12.4. The van der Waals surface area contributed by atoms with E-state index in [-0.39, 0.29) is 5.91 Å². The zero-order valence-electron chi connectivity index (χ0n) is 9.18. The standard InChI is InChI=1S/C9H17N5O/c1-3-8(2)6-9(15)10-4-5-14-7-11-12-13-14/h7-8H,3-6H2,1-2H3,(H,10,15)/t8-/m1/s1. The maximum Gasteiger partial charge on any atom is 0.220 e. The van der Waals surface area contributed by atoms with Crippen molar-refractivity contribution in [1.82, 2.24) is 25.5 Å². The number of hydrogen-bond donors (Lipinski definition) is 1. The molecule has 0 saturated heterocycles. The van der Waals surface area contributed by atoms with Crippen LogP contribution in [0.5, 0.6) is 0 Å². The van der Waals surface area contributed by atoms with Crippen LogP contribution in [-0.4, -0.2) is 32.7 Å². The lowest BCUT2D eigenvalue weighted by Crippen LogP contribution is -2.28. The Morgan fingerprint density at radius 2 is 2.40 bits per heavy atom. The van der Waals surface area contributed by atoms with Gasteiger partial charge in [-0.05, 0) is 16.3 Å². The van der Waals surface area contributed by atoms with Crippen LogP contribution in [-0.2, 0) is 11.3 Å². The van der Waals surface area contributed by atoms with Crippen molar-refractivity contribution in [3.05, 3.63) is 6.33 Å². The van der Waals surface area contributed by atoms with Crippen LogP contribution in [0.1, 0.15) is 26.7 Å².